The van der Waals surface area contributed by atoms with Gasteiger partial charge in [-0.25, -0.2) is 4.98 Å². The molecule has 0 radical (unpaired) electrons. The van der Waals surface area contributed by atoms with Crippen molar-refractivity contribution in [1.82, 2.24) is 10.3 Å². The zero-order valence-corrected chi connectivity index (χ0v) is 12.3. The number of hydrogen-bond acceptors (Lipinski definition) is 5. The first kappa shape index (κ1) is 15.2. The van der Waals surface area contributed by atoms with E-state index in [0.29, 0.717) is 11.6 Å². The molecule has 0 aliphatic heterocycles. The molecule has 7 heteroatoms. The Labute approximate surface area is 126 Å². The highest BCUT2D eigenvalue weighted by molar-refractivity contribution is 6.32. The topological polar surface area (TPSA) is 77.3 Å². The van der Waals surface area contributed by atoms with Crippen LogP contribution >= 0.6 is 11.6 Å². The maximum absolute atomic E-state index is 10.7. The number of aryl methyl sites for hydroxylation is 1. The molecule has 0 bridgehead atoms. The Morgan fingerprint density at radius 2 is 2.19 bits per heavy atom. The molecule has 0 aliphatic rings. The lowest BCUT2D eigenvalue weighted by Gasteiger charge is -2.09. The summed E-state index contributed by atoms with van der Waals surface area (Å²) in [5, 5.41) is 13.8. The number of hydrogen-bond donors (Lipinski definition) is 1. The van der Waals surface area contributed by atoms with E-state index in [1.807, 2.05) is 20.0 Å². The molecule has 2 aromatic rings. The van der Waals surface area contributed by atoms with Crippen molar-refractivity contribution in [3.63, 3.8) is 0 Å². The highest BCUT2D eigenvalue weighted by atomic mass is 35.5. The molecule has 0 amide bonds. The van der Waals surface area contributed by atoms with Gasteiger partial charge in [-0.2, -0.15) is 0 Å². The Balaban J connectivity index is 2.22. The minimum Gasteiger partial charge on any atom is -0.439 e. The van der Waals surface area contributed by atoms with Crippen molar-refractivity contribution in [3.05, 3.63) is 56.7 Å². The zero-order valence-electron chi connectivity index (χ0n) is 11.6. The second kappa shape index (κ2) is 6.51. The summed E-state index contributed by atoms with van der Waals surface area (Å²) in [6.45, 7) is 2.60. The van der Waals surface area contributed by atoms with E-state index >= 15 is 0 Å². The molecule has 110 valence electrons. The minimum atomic E-state index is -0.540. The Bertz CT molecular complexity index is 677. The third kappa shape index (κ3) is 3.68. The van der Waals surface area contributed by atoms with E-state index < -0.39 is 4.92 Å². The summed E-state index contributed by atoms with van der Waals surface area (Å²) in [6, 6.07) is 6.17. The molecule has 0 unspecified atom stereocenters. The molecule has 1 aromatic carbocycles. The molecule has 21 heavy (non-hydrogen) atoms. The second-order valence-corrected chi connectivity index (χ2v) is 4.88. The van der Waals surface area contributed by atoms with Crippen LogP contribution in [-0.4, -0.2) is 17.0 Å². The molecule has 0 saturated heterocycles. The van der Waals surface area contributed by atoms with Gasteiger partial charge in [0.05, 0.1) is 4.92 Å². The quantitative estimate of drug-likeness (QED) is 0.676. The fraction of sp³-hybridized carbons (Fsp3) is 0.214. The zero-order chi connectivity index (χ0) is 15.4. The SMILES string of the molecule is CNCc1cnc(Oc2ccc([N+](=O)[O-])c(Cl)c2)c(C)c1. The van der Waals surface area contributed by atoms with E-state index in [9.17, 15) is 10.1 Å². The van der Waals surface area contributed by atoms with Gasteiger partial charge in [-0.3, -0.25) is 10.1 Å². The van der Waals surface area contributed by atoms with Gasteiger partial charge < -0.3 is 10.1 Å². The molecular formula is C14H14ClN3O3. The molecule has 0 atom stereocenters. The summed E-state index contributed by atoms with van der Waals surface area (Å²) in [7, 11) is 1.86. The minimum absolute atomic E-state index is 0.0296. The smallest absolute Gasteiger partial charge is 0.288 e. The average Bonchev–Trinajstić information content (AvgIpc) is 2.42. The largest absolute Gasteiger partial charge is 0.439 e. The molecule has 1 N–H and O–H groups in total. The maximum Gasteiger partial charge on any atom is 0.288 e. The van der Waals surface area contributed by atoms with Crippen LogP contribution in [0.5, 0.6) is 11.6 Å². The Morgan fingerprint density at radius 3 is 2.76 bits per heavy atom. The van der Waals surface area contributed by atoms with Crippen LogP contribution in [0.15, 0.2) is 30.5 Å². The normalized spacial score (nSPS) is 10.4. The maximum atomic E-state index is 10.7. The fourth-order valence-corrected chi connectivity index (χ4v) is 2.08. The summed E-state index contributed by atoms with van der Waals surface area (Å²) in [4.78, 5) is 14.4. The summed E-state index contributed by atoms with van der Waals surface area (Å²) < 4.78 is 5.62. The molecule has 0 saturated carbocycles. The van der Waals surface area contributed by atoms with E-state index in [1.165, 1.54) is 18.2 Å². The van der Waals surface area contributed by atoms with Crippen molar-refractivity contribution < 1.29 is 9.66 Å². The van der Waals surface area contributed by atoms with Gasteiger partial charge in [0, 0.05) is 30.4 Å². The molecule has 1 aromatic heterocycles. The van der Waals surface area contributed by atoms with Crippen molar-refractivity contribution in [2.45, 2.75) is 13.5 Å². The number of pyridine rings is 1. The first-order valence-electron chi connectivity index (χ1n) is 6.23. The van der Waals surface area contributed by atoms with Gasteiger partial charge in [-0.15, -0.1) is 0 Å². The molecular weight excluding hydrogens is 294 g/mol. The second-order valence-electron chi connectivity index (χ2n) is 4.47. The first-order valence-corrected chi connectivity index (χ1v) is 6.61. The summed E-state index contributed by atoms with van der Waals surface area (Å²) in [6.07, 6.45) is 1.71. The number of ether oxygens (including phenoxy) is 1. The molecule has 0 fully saturated rings. The molecule has 1 heterocycles. The van der Waals surface area contributed by atoms with Crippen LogP contribution in [-0.2, 0) is 6.54 Å². The number of benzene rings is 1. The molecule has 0 spiro atoms. The Morgan fingerprint density at radius 1 is 1.43 bits per heavy atom. The van der Waals surface area contributed by atoms with Gasteiger partial charge in [-0.05, 0) is 31.7 Å². The lowest BCUT2D eigenvalue weighted by Crippen LogP contribution is -2.06. The van der Waals surface area contributed by atoms with Crippen LogP contribution in [0.25, 0.3) is 0 Å². The highest BCUT2D eigenvalue weighted by Crippen LogP contribution is 2.31. The van der Waals surface area contributed by atoms with Crippen LogP contribution < -0.4 is 10.1 Å². The predicted octanol–water partition coefficient (Wildman–Crippen LogP) is 3.46. The third-order valence-corrected chi connectivity index (χ3v) is 3.10. The van der Waals surface area contributed by atoms with E-state index in [2.05, 4.69) is 10.3 Å². The van der Waals surface area contributed by atoms with E-state index in [1.54, 1.807) is 6.20 Å². The molecule has 0 aliphatic carbocycles. The Kier molecular flexibility index (Phi) is 4.72. The van der Waals surface area contributed by atoms with Crippen molar-refractivity contribution in [1.29, 1.82) is 0 Å². The lowest BCUT2D eigenvalue weighted by molar-refractivity contribution is -0.384. The van der Waals surface area contributed by atoms with Gasteiger partial charge in [-0.1, -0.05) is 11.6 Å². The standard InChI is InChI=1S/C14H14ClN3O3/c1-9-5-10(7-16-2)8-17-14(9)21-11-3-4-13(18(19)20)12(15)6-11/h3-6,8,16H,7H2,1-2H3. The average molecular weight is 308 g/mol. The number of rotatable bonds is 5. The number of nitro groups is 1. The van der Waals surface area contributed by atoms with Gasteiger partial charge in [0.1, 0.15) is 10.8 Å². The monoisotopic (exact) mass is 307 g/mol. The van der Waals surface area contributed by atoms with Crippen molar-refractivity contribution >= 4 is 17.3 Å². The number of nitrogens with zero attached hydrogens (tertiary/aromatic N) is 2. The molecule has 2 rings (SSSR count). The predicted molar refractivity (Wildman–Crippen MR) is 79.9 cm³/mol. The van der Waals surface area contributed by atoms with E-state index in [4.69, 9.17) is 16.3 Å². The fourth-order valence-electron chi connectivity index (χ4n) is 1.84. The van der Waals surface area contributed by atoms with E-state index in [-0.39, 0.29) is 10.7 Å². The van der Waals surface area contributed by atoms with Crippen LogP contribution in [0.3, 0.4) is 0 Å². The summed E-state index contributed by atoms with van der Waals surface area (Å²) in [5.41, 5.74) is 1.76. The van der Waals surface area contributed by atoms with Crippen LogP contribution in [0.1, 0.15) is 11.1 Å². The number of aromatic nitrogens is 1. The first-order chi connectivity index (χ1) is 10.0. The third-order valence-electron chi connectivity index (χ3n) is 2.80. The van der Waals surface area contributed by atoms with Gasteiger partial charge in [0.25, 0.3) is 5.69 Å². The van der Waals surface area contributed by atoms with E-state index in [0.717, 1.165) is 17.7 Å². The summed E-state index contributed by atoms with van der Waals surface area (Å²) >= 11 is 5.85. The van der Waals surface area contributed by atoms with Crippen LogP contribution in [0, 0.1) is 17.0 Å². The summed E-state index contributed by atoms with van der Waals surface area (Å²) in [5.74, 6) is 0.849. The van der Waals surface area contributed by atoms with Crippen molar-refractivity contribution in [2.24, 2.45) is 0 Å². The number of nitrogens with one attached hydrogen (secondary N) is 1. The van der Waals surface area contributed by atoms with Crippen molar-refractivity contribution in [3.8, 4) is 11.6 Å². The van der Waals surface area contributed by atoms with Crippen LogP contribution in [0.2, 0.25) is 5.02 Å². The van der Waals surface area contributed by atoms with Gasteiger partial charge in [0.2, 0.25) is 5.88 Å². The van der Waals surface area contributed by atoms with Gasteiger partial charge in [0.15, 0.2) is 0 Å². The number of halogens is 1. The molecule has 6 nitrogen and oxygen atoms in total. The highest BCUT2D eigenvalue weighted by Gasteiger charge is 2.13. The van der Waals surface area contributed by atoms with Crippen molar-refractivity contribution in [2.75, 3.05) is 7.05 Å². The number of nitro benzene ring substituents is 1. The lowest BCUT2D eigenvalue weighted by atomic mass is 10.2. The Hall–Kier alpha value is -2.18. The van der Waals surface area contributed by atoms with Crippen LogP contribution in [0.4, 0.5) is 5.69 Å². The van der Waals surface area contributed by atoms with Gasteiger partial charge >= 0.3 is 0 Å².